The van der Waals surface area contributed by atoms with Crippen LogP contribution >= 0.6 is 0 Å². The summed E-state index contributed by atoms with van der Waals surface area (Å²) in [5.74, 6) is 1.06. The predicted molar refractivity (Wildman–Crippen MR) is 130 cm³/mol. The van der Waals surface area contributed by atoms with Gasteiger partial charge in [-0.1, -0.05) is 48.5 Å². The second kappa shape index (κ2) is 8.67. The molecule has 1 aliphatic heterocycles. The second-order valence-electron chi connectivity index (χ2n) is 8.83. The zero-order valence-electron chi connectivity index (χ0n) is 19.1. The summed E-state index contributed by atoms with van der Waals surface area (Å²) in [5.41, 5.74) is 1.36. The highest BCUT2D eigenvalue weighted by Gasteiger charge is 2.32. The second-order valence-corrected chi connectivity index (χ2v) is 8.83. The molecule has 5 rings (SSSR count). The van der Waals surface area contributed by atoms with Gasteiger partial charge in [-0.3, -0.25) is 9.59 Å². The number of rotatable bonds is 6. The number of nitrogens with one attached hydrogen (secondary N) is 1. The van der Waals surface area contributed by atoms with Crippen LogP contribution in [0, 0.1) is 0 Å². The van der Waals surface area contributed by atoms with E-state index < -0.39 is 0 Å². The number of aromatic nitrogens is 2. The summed E-state index contributed by atoms with van der Waals surface area (Å²) < 4.78 is 13.2. The van der Waals surface area contributed by atoms with E-state index in [1.54, 1.807) is 36.4 Å². The van der Waals surface area contributed by atoms with E-state index in [0.717, 1.165) is 17.7 Å². The molecule has 1 aliphatic rings. The summed E-state index contributed by atoms with van der Waals surface area (Å²) in [7, 11) is 0. The number of amides is 1. The number of ether oxygens (including phenoxy) is 2. The van der Waals surface area contributed by atoms with Crippen molar-refractivity contribution in [3.8, 4) is 17.2 Å². The molecule has 34 heavy (non-hydrogen) atoms. The summed E-state index contributed by atoms with van der Waals surface area (Å²) in [6.45, 7) is 4.63. The zero-order chi connectivity index (χ0) is 23.7. The Kier molecular flexibility index (Phi) is 5.53. The summed E-state index contributed by atoms with van der Waals surface area (Å²) in [6, 6.07) is 21.9. The van der Waals surface area contributed by atoms with Gasteiger partial charge in [0.25, 0.3) is 11.5 Å². The molecule has 1 amide bonds. The van der Waals surface area contributed by atoms with Crippen LogP contribution in [0.2, 0.25) is 0 Å². The molecule has 3 aromatic carbocycles. The van der Waals surface area contributed by atoms with Crippen molar-refractivity contribution in [2.75, 3.05) is 13.2 Å². The molecule has 0 fully saturated rings. The van der Waals surface area contributed by atoms with E-state index >= 15 is 0 Å². The summed E-state index contributed by atoms with van der Waals surface area (Å²) in [6.07, 6.45) is 0.826. The topological polar surface area (TPSA) is 82.5 Å². The van der Waals surface area contributed by atoms with Crippen LogP contribution in [-0.4, -0.2) is 34.4 Å². The number of hydrogen-bond donors (Lipinski definition) is 1. The molecule has 0 saturated heterocycles. The average molecular weight is 456 g/mol. The standard InChI is InChI=1S/C27H25N3O4/c1-27(2)17-18-9-8-14-22(24(18)34-27)33-16-15-28-25(31)23-20-12-6-7-13-21(20)26(32)30(29-23)19-10-4-3-5-11-19/h3-14H,15-17H2,1-2H3,(H,28,31). The van der Waals surface area contributed by atoms with Crippen molar-refractivity contribution in [2.45, 2.75) is 25.9 Å². The van der Waals surface area contributed by atoms with Crippen molar-refractivity contribution in [3.63, 3.8) is 0 Å². The Labute approximate surface area is 196 Å². The molecule has 0 spiro atoms. The molecule has 0 unspecified atom stereocenters. The molecule has 4 aromatic rings. The van der Waals surface area contributed by atoms with Crippen LogP contribution < -0.4 is 20.3 Å². The molecule has 7 nitrogen and oxygen atoms in total. The smallest absolute Gasteiger partial charge is 0.279 e. The first-order valence-corrected chi connectivity index (χ1v) is 11.2. The first-order chi connectivity index (χ1) is 16.4. The molecule has 0 radical (unpaired) electrons. The number of hydrogen-bond acceptors (Lipinski definition) is 5. The van der Waals surface area contributed by atoms with Gasteiger partial charge in [0.2, 0.25) is 0 Å². The van der Waals surface area contributed by atoms with Crippen molar-refractivity contribution in [2.24, 2.45) is 0 Å². The molecule has 172 valence electrons. The lowest BCUT2D eigenvalue weighted by atomic mass is 10.0. The number of carbonyl (C=O) groups is 1. The first-order valence-electron chi connectivity index (χ1n) is 11.2. The minimum atomic E-state index is -0.375. The number of carbonyl (C=O) groups excluding carboxylic acids is 1. The van der Waals surface area contributed by atoms with Crippen LogP contribution in [0.1, 0.15) is 29.9 Å². The van der Waals surface area contributed by atoms with Crippen LogP contribution in [0.5, 0.6) is 11.5 Å². The third-order valence-corrected chi connectivity index (χ3v) is 5.72. The van der Waals surface area contributed by atoms with Gasteiger partial charge >= 0.3 is 0 Å². The minimum absolute atomic E-state index is 0.185. The van der Waals surface area contributed by atoms with Gasteiger partial charge in [0, 0.05) is 17.4 Å². The van der Waals surface area contributed by atoms with Crippen LogP contribution in [-0.2, 0) is 6.42 Å². The first kappa shape index (κ1) is 21.7. The molecule has 1 aromatic heterocycles. The normalized spacial score (nSPS) is 13.8. The van der Waals surface area contributed by atoms with E-state index in [2.05, 4.69) is 10.4 Å². The highest BCUT2D eigenvalue weighted by atomic mass is 16.5. The van der Waals surface area contributed by atoms with Crippen LogP contribution in [0.15, 0.2) is 77.6 Å². The van der Waals surface area contributed by atoms with Gasteiger partial charge in [0.05, 0.1) is 17.6 Å². The van der Waals surface area contributed by atoms with Crippen LogP contribution in [0.25, 0.3) is 16.5 Å². The van der Waals surface area contributed by atoms with Crippen molar-refractivity contribution in [1.82, 2.24) is 15.1 Å². The maximum absolute atomic E-state index is 13.1. The van der Waals surface area contributed by atoms with Gasteiger partial charge in [0.1, 0.15) is 12.2 Å². The van der Waals surface area contributed by atoms with Crippen molar-refractivity contribution >= 4 is 16.7 Å². The van der Waals surface area contributed by atoms with E-state index in [0.29, 0.717) is 22.2 Å². The number of nitrogens with zero attached hydrogens (tertiary/aromatic N) is 2. The monoisotopic (exact) mass is 455 g/mol. The van der Waals surface area contributed by atoms with E-state index in [9.17, 15) is 9.59 Å². The molecule has 0 aliphatic carbocycles. The number of fused-ring (bicyclic) bond motifs is 2. The fourth-order valence-electron chi connectivity index (χ4n) is 4.21. The molecule has 1 N–H and O–H groups in total. The van der Waals surface area contributed by atoms with Crippen LogP contribution in [0.4, 0.5) is 0 Å². The van der Waals surface area contributed by atoms with Gasteiger partial charge < -0.3 is 14.8 Å². The van der Waals surface area contributed by atoms with E-state index in [-0.39, 0.29) is 35.9 Å². The summed E-state index contributed by atoms with van der Waals surface area (Å²) >= 11 is 0. The highest BCUT2D eigenvalue weighted by Crippen LogP contribution is 2.41. The average Bonchev–Trinajstić information content (AvgIpc) is 3.17. The molecule has 2 heterocycles. The van der Waals surface area contributed by atoms with Crippen molar-refractivity contribution < 1.29 is 14.3 Å². The van der Waals surface area contributed by atoms with Crippen molar-refractivity contribution in [1.29, 1.82) is 0 Å². The minimum Gasteiger partial charge on any atom is -0.488 e. The zero-order valence-corrected chi connectivity index (χ0v) is 19.1. The Morgan fingerprint density at radius 1 is 1.03 bits per heavy atom. The summed E-state index contributed by atoms with van der Waals surface area (Å²) in [4.78, 5) is 26.1. The van der Waals surface area contributed by atoms with Crippen LogP contribution in [0.3, 0.4) is 0 Å². The fourth-order valence-corrected chi connectivity index (χ4v) is 4.21. The van der Waals surface area contributed by atoms with Gasteiger partial charge in [-0.05, 0) is 38.1 Å². The lowest BCUT2D eigenvalue weighted by Gasteiger charge is -2.18. The van der Waals surface area contributed by atoms with Gasteiger partial charge in [-0.25, -0.2) is 0 Å². The lowest BCUT2D eigenvalue weighted by molar-refractivity contribution is 0.0941. The Balaban J connectivity index is 1.34. The molecule has 0 bridgehead atoms. The Morgan fingerprint density at radius 3 is 2.56 bits per heavy atom. The number of para-hydroxylation sites is 2. The van der Waals surface area contributed by atoms with Gasteiger partial charge in [-0.2, -0.15) is 9.78 Å². The quantitative estimate of drug-likeness (QED) is 0.446. The number of benzene rings is 3. The summed E-state index contributed by atoms with van der Waals surface area (Å²) in [5, 5.41) is 8.20. The third kappa shape index (κ3) is 4.12. The molecular formula is C27H25N3O4. The highest BCUT2D eigenvalue weighted by molar-refractivity contribution is 6.04. The van der Waals surface area contributed by atoms with Gasteiger partial charge in [-0.15, -0.1) is 0 Å². The molecular weight excluding hydrogens is 430 g/mol. The SMILES string of the molecule is CC1(C)Cc2cccc(OCCNC(=O)c3nn(-c4ccccc4)c(=O)c4ccccc34)c2O1. The van der Waals surface area contributed by atoms with E-state index in [1.165, 1.54) is 4.68 Å². The Morgan fingerprint density at radius 2 is 1.76 bits per heavy atom. The van der Waals surface area contributed by atoms with Crippen molar-refractivity contribution in [3.05, 3.63) is 94.4 Å². The molecule has 7 heteroatoms. The molecule has 0 saturated carbocycles. The Bertz CT molecular complexity index is 1430. The largest absolute Gasteiger partial charge is 0.488 e. The maximum atomic E-state index is 13.1. The Hall–Kier alpha value is -4.13. The van der Waals surface area contributed by atoms with E-state index in [4.69, 9.17) is 9.47 Å². The third-order valence-electron chi connectivity index (χ3n) is 5.72. The fraction of sp³-hybridized carbons (Fsp3) is 0.222. The van der Waals surface area contributed by atoms with Gasteiger partial charge in [0.15, 0.2) is 17.2 Å². The lowest BCUT2D eigenvalue weighted by Crippen LogP contribution is -2.32. The molecule has 0 atom stereocenters. The maximum Gasteiger partial charge on any atom is 0.279 e. The van der Waals surface area contributed by atoms with E-state index in [1.807, 2.05) is 50.2 Å². The predicted octanol–water partition coefficient (Wildman–Crippen LogP) is 3.91.